The van der Waals surface area contributed by atoms with Gasteiger partial charge in [-0.05, 0) is 19.3 Å². The van der Waals surface area contributed by atoms with E-state index >= 15 is 0 Å². The van der Waals surface area contributed by atoms with Gasteiger partial charge in [0.25, 0.3) is 0 Å². The van der Waals surface area contributed by atoms with Gasteiger partial charge in [0.05, 0.1) is 6.10 Å². The lowest BCUT2D eigenvalue weighted by atomic mass is 10.1. The second-order valence-corrected chi connectivity index (χ2v) is 4.59. The maximum atomic E-state index is 11.8. The van der Waals surface area contributed by atoms with E-state index in [0.717, 1.165) is 25.9 Å². The normalized spacial score (nSPS) is 26.1. The molecule has 0 radical (unpaired) electrons. The topological polar surface area (TPSA) is 46.6 Å². The van der Waals surface area contributed by atoms with E-state index in [1.54, 1.807) is 0 Å². The van der Waals surface area contributed by atoms with Crippen LogP contribution < -0.4 is 0 Å². The molecule has 1 amide bonds. The van der Waals surface area contributed by atoms with Crippen LogP contribution in [-0.4, -0.2) is 42.4 Å². The predicted molar refractivity (Wildman–Crippen MR) is 59.0 cm³/mol. The Morgan fingerprint density at radius 3 is 2.75 bits per heavy atom. The molecule has 0 aromatic carbocycles. The summed E-state index contributed by atoms with van der Waals surface area (Å²) in [6, 6.07) is 0. The largest absolute Gasteiger partial charge is 0.378 e. The van der Waals surface area contributed by atoms with Gasteiger partial charge in [0.1, 0.15) is 5.78 Å². The third-order valence-corrected chi connectivity index (χ3v) is 3.38. The van der Waals surface area contributed by atoms with Crippen LogP contribution in [0.4, 0.5) is 0 Å². The number of rotatable bonds is 3. The van der Waals surface area contributed by atoms with Crippen LogP contribution in [0.2, 0.25) is 0 Å². The van der Waals surface area contributed by atoms with E-state index in [9.17, 15) is 9.59 Å². The van der Waals surface area contributed by atoms with Gasteiger partial charge in [0.2, 0.25) is 5.91 Å². The Hall–Kier alpha value is -0.900. The zero-order valence-electron chi connectivity index (χ0n) is 9.61. The summed E-state index contributed by atoms with van der Waals surface area (Å²) in [4.78, 5) is 24.7. The third-order valence-electron chi connectivity index (χ3n) is 3.38. The molecule has 2 fully saturated rings. The molecule has 16 heavy (non-hydrogen) atoms. The van der Waals surface area contributed by atoms with Gasteiger partial charge < -0.3 is 9.64 Å². The first-order valence-electron chi connectivity index (χ1n) is 6.17. The van der Waals surface area contributed by atoms with Crippen molar-refractivity contribution in [2.75, 3.05) is 19.7 Å². The number of carbonyl (C=O) groups excluding carboxylic acids is 2. The van der Waals surface area contributed by atoms with E-state index in [0.29, 0.717) is 32.4 Å². The summed E-state index contributed by atoms with van der Waals surface area (Å²) in [7, 11) is 0. The summed E-state index contributed by atoms with van der Waals surface area (Å²) in [5.41, 5.74) is 0. The Morgan fingerprint density at radius 2 is 2.12 bits per heavy atom. The summed E-state index contributed by atoms with van der Waals surface area (Å²) in [5, 5.41) is 0. The summed E-state index contributed by atoms with van der Waals surface area (Å²) in [6.07, 6.45) is 4.97. The van der Waals surface area contributed by atoms with Crippen LogP contribution in [0.3, 0.4) is 0 Å². The van der Waals surface area contributed by atoms with Crippen molar-refractivity contribution in [3.05, 3.63) is 0 Å². The highest BCUT2D eigenvalue weighted by molar-refractivity contribution is 5.83. The van der Waals surface area contributed by atoms with Crippen molar-refractivity contribution in [3.8, 4) is 0 Å². The third kappa shape index (κ3) is 3.04. The molecule has 0 aliphatic carbocycles. The van der Waals surface area contributed by atoms with Gasteiger partial charge in [-0.3, -0.25) is 9.59 Å². The standard InChI is InChI=1S/C12H19NO3/c14-10-5-7-13(8-6-10)12(15)4-3-11-2-1-9-16-11/h11H,1-9H2. The molecule has 0 N–H and O–H groups in total. The van der Waals surface area contributed by atoms with Gasteiger partial charge in [0, 0.05) is 39.0 Å². The fourth-order valence-electron chi connectivity index (χ4n) is 2.32. The molecule has 2 aliphatic rings. The van der Waals surface area contributed by atoms with Gasteiger partial charge in [-0.1, -0.05) is 0 Å². The average Bonchev–Trinajstić information content (AvgIpc) is 2.80. The molecule has 4 nitrogen and oxygen atoms in total. The first-order valence-corrected chi connectivity index (χ1v) is 6.17. The van der Waals surface area contributed by atoms with Crippen LogP contribution in [-0.2, 0) is 14.3 Å². The molecular weight excluding hydrogens is 206 g/mol. The first-order chi connectivity index (χ1) is 7.75. The molecule has 2 rings (SSSR count). The number of hydrogen-bond donors (Lipinski definition) is 0. The highest BCUT2D eigenvalue weighted by atomic mass is 16.5. The van der Waals surface area contributed by atoms with Crippen molar-refractivity contribution >= 4 is 11.7 Å². The van der Waals surface area contributed by atoms with Gasteiger partial charge in [-0.2, -0.15) is 0 Å². The summed E-state index contributed by atoms with van der Waals surface area (Å²) >= 11 is 0. The summed E-state index contributed by atoms with van der Waals surface area (Å²) in [5.74, 6) is 0.464. The first kappa shape index (κ1) is 11.6. The van der Waals surface area contributed by atoms with Crippen LogP contribution >= 0.6 is 0 Å². The lowest BCUT2D eigenvalue weighted by molar-refractivity contribution is -0.135. The SMILES string of the molecule is O=C1CCN(C(=O)CCC2CCCO2)CC1. The Balaban J connectivity index is 1.68. The Bertz CT molecular complexity index is 261. The van der Waals surface area contributed by atoms with Crippen molar-refractivity contribution in [1.29, 1.82) is 0 Å². The molecule has 0 saturated carbocycles. The lowest BCUT2D eigenvalue weighted by Gasteiger charge is -2.26. The van der Waals surface area contributed by atoms with Crippen LogP contribution in [0, 0.1) is 0 Å². The van der Waals surface area contributed by atoms with Gasteiger partial charge in [0.15, 0.2) is 0 Å². The van der Waals surface area contributed by atoms with Crippen molar-refractivity contribution in [3.63, 3.8) is 0 Å². The number of piperidine rings is 1. The molecule has 1 unspecified atom stereocenters. The highest BCUT2D eigenvalue weighted by Crippen LogP contribution is 2.18. The molecule has 0 bridgehead atoms. The van der Waals surface area contributed by atoms with Crippen molar-refractivity contribution in [2.24, 2.45) is 0 Å². The molecule has 0 spiro atoms. The minimum atomic E-state index is 0.183. The van der Waals surface area contributed by atoms with Gasteiger partial charge in [-0.15, -0.1) is 0 Å². The zero-order chi connectivity index (χ0) is 11.4. The molecule has 0 aromatic rings. The summed E-state index contributed by atoms with van der Waals surface area (Å²) < 4.78 is 5.48. The van der Waals surface area contributed by atoms with E-state index < -0.39 is 0 Å². The number of likely N-dealkylation sites (tertiary alicyclic amines) is 1. The molecule has 2 saturated heterocycles. The number of ketones is 1. The fourth-order valence-corrected chi connectivity index (χ4v) is 2.32. The van der Waals surface area contributed by atoms with E-state index in [1.165, 1.54) is 0 Å². The second-order valence-electron chi connectivity index (χ2n) is 4.59. The molecule has 90 valence electrons. The highest BCUT2D eigenvalue weighted by Gasteiger charge is 2.22. The van der Waals surface area contributed by atoms with Crippen LogP contribution in [0.5, 0.6) is 0 Å². The minimum absolute atomic E-state index is 0.183. The van der Waals surface area contributed by atoms with Gasteiger partial charge in [-0.25, -0.2) is 0 Å². The number of Topliss-reactive ketones (excluding diaryl/α,β-unsaturated/α-hetero) is 1. The lowest BCUT2D eigenvalue weighted by Crippen LogP contribution is -2.38. The fraction of sp³-hybridized carbons (Fsp3) is 0.833. The molecule has 1 atom stereocenters. The monoisotopic (exact) mass is 225 g/mol. The van der Waals surface area contributed by atoms with Crippen LogP contribution in [0.15, 0.2) is 0 Å². The number of hydrogen-bond acceptors (Lipinski definition) is 3. The van der Waals surface area contributed by atoms with Crippen LogP contribution in [0.25, 0.3) is 0 Å². The maximum Gasteiger partial charge on any atom is 0.222 e. The Kier molecular flexibility index (Phi) is 3.93. The quantitative estimate of drug-likeness (QED) is 0.723. The molecule has 2 heterocycles. The molecule has 4 heteroatoms. The predicted octanol–water partition coefficient (Wildman–Crippen LogP) is 1.14. The zero-order valence-corrected chi connectivity index (χ0v) is 9.61. The van der Waals surface area contributed by atoms with Crippen molar-refractivity contribution < 1.29 is 14.3 Å². The Morgan fingerprint density at radius 1 is 1.38 bits per heavy atom. The van der Waals surface area contributed by atoms with E-state index in [4.69, 9.17) is 4.74 Å². The second kappa shape index (κ2) is 5.43. The number of nitrogens with zero attached hydrogens (tertiary/aromatic N) is 1. The maximum absolute atomic E-state index is 11.8. The molecular formula is C12H19NO3. The minimum Gasteiger partial charge on any atom is -0.378 e. The summed E-state index contributed by atoms with van der Waals surface area (Å²) in [6.45, 7) is 2.07. The smallest absolute Gasteiger partial charge is 0.222 e. The number of amides is 1. The van der Waals surface area contributed by atoms with Crippen molar-refractivity contribution in [2.45, 2.75) is 44.6 Å². The molecule has 0 aromatic heterocycles. The van der Waals surface area contributed by atoms with Gasteiger partial charge >= 0.3 is 0 Å². The number of carbonyl (C=O) groups is 2. The number of ether oxygens (including phenoxy) is 1. The Labute approximate surface area is 95.9 Å². The average molecular weight is 225 g/mol. The van der Waals surface area contributed by atoms with Crippen molar-refractivity contribution in [1.82, 2.24) is 4.90 Å². The van der Waals surface area contributed by atoms with E-state index in [2.05, 4.69) is 0 Å². The van der Waals surface area contributed by atoms with E-state index in [-0.39, 0.29) is 17.8 Å². The van der Waals surface area contributed by atoms with Crippen LogP contribution in [0.1, 0.15) is 38.5 Å². The molecule has 2 aliphatic heterocycles. The van der Waals surface area contributed by atoms with E-state index in [1.807, 2.05) is 4.90 Å².